The van der Waals surface area contributed by atoms with Crippen LogP contribution in [0.3, 0.4) is 0 Å². The fourth-order valence-electron chi connectivity index (χ4n) is 3.08. The Morgan fingerprint density at radius 1 is 1.21 bits per heavy atom. The van der Waals surface area contributed by atoms with E-state index >= 15 is 0 Å². The van der Waals surface area contributed by atoms with E-state index in [-0.39, 0.29) is 48.7 Å². The average Bonchev–Trinajstić information content (AvgIpc) is 3.07. The number of nitrogens with one attached hydrogen (secondary N) is 1. The Kier molecular flexibility index (Phi) is 6.27. The Hall–Kier alpha value is -3.93. The SMILES string of the molecule is Cc1sc2ncn(CCC(=O)OCc3nc(N)nc(Nc4ccc(F)cc4)n3)c(=O)c2c1C. The first-order chi connectivity index (χ1) is 15.8. The Labute approximate surface area is 191 Å². The molecule has 0 aliphatic heterocycles. The Bertz CT molecular complexity index is 1390. The van der Waals surface area contributed by atoms with E-state index in [1.165, 1.54) is 46.5 Å². The third kappa shape index (κ3) is 5.12. The molecular formula is C21H20FN7O3S. The van der Waals surface area contributed by atoms with E-state index in [4.69, 9.17) is 10.5 Å². The van der Waals surface area contributed by atoms with E-state index in [1.807, 2.05) is 13.8 Å². The lowest BCUT2D eigenvalue weighted by molar-refractivity contribution is -0.145. The number of ether oxygens (including phenoxy) is 1. The Morgan fingerprint density at radius 2 is 1.97 bits per heavy atom. The summed E-state index contributed by atoms with van der Waals surface area (Å²) in [6.45, 7) is 3.73. The molecule has 0 aliphatic carbocycles. The second-order valence-corrected chi connectivity index (χ2v) is 8.39. The summed E-state index contributed by atoms with van der Waals surface area (Å²) in [5, 5.41) is 3.46. The summed E-state index contributed by atoms with van der Waals surface area (Å²) in [4.78, 5) is 43.0. The van der Waals surface area contributed by atoms with Gasteiger partial charge in [0.15, 0.2) is 12.4 Å². The van der Waals surface area contributed by atoms with Crippen LogP contribution in [0.5, 0.6) is 0 Å². The summed E-state index contributed by atoms with van der Waals surface area (Å²) in [6.07, 6.45) is 1.41. The van der Waals surface area contributed by atoms with Crippen LogP contribution in [0.1, 0.15) is 22.7 Å². The van der Waals surface area contributed by atoms with E-state index in [0.717, 1.165) is 10.4 Å². The number of benzene rings is 1. The van der Waals surface area contributed by atoms with Gasteiger partial charge in [-0.05, 0) is 43.7 Å². The second kappa shape index (κ2) is 9.28. The molecule has 0 unspecified atom stereocenters. The van der Waals surface area contributed by atoms with Crippen molar-refractivity contribution in [3.63, 3.8) is 0 Å². The molecule has 1 aromatic carbocycles. The molecule has 4 aromatic rings. The van der Waals surface area contributed by atoms with Crippen molar-refractivity contribution in [2.45, 2.75) is 33.4 Å². The predicted octanol–water partition coefficient (Wildman–Crippen LogP) is 2.86. The van der Waals surface area contributed by atoms with Crippen LogP contribution in [0.15, 0.2) is 35.4 Å². The molecule has 33 heavy (non-hydrogen) atoms. The van der Waals surface area contributed by atoms with Gasteiger partial charge in [0.25, 0.3) is 5.56 Å². The number of aromatic nitrogens is 5. The molecule has 3 heterocycles. The number of carbonyl (C=O) groups excluding carboxylic acids is 1. The van der Waals surface area contributed by atoms with Gasteiger partial charge in [-0.25, -0.2) is 9.37 Å². The summed E-state index contributed by atoms with van der Waals surface area (Å²) < 4.78 is 19.7. The molecule has 10 nitrogen and oxygen atoms in total. The highest BCUT2D eigenvalue weighted by atomic mass is 32.1. The maximum Gasteiger partial charge on any atom is 0.308 e. The maximum absolute atomic E-state index is 13.1. The van der Waals surface area contributed by atoms with Crippen molar-refractivity contribution >= 4 is 45.1 Å². The van der Waals surface area contributed by atoms with Gasteiger partial charge in [0.05, 0.1) is 18.1 Å². The summed E-state index contributed by atoms with van der Waals surface area (Å²) in [6, 6.07) is 5.61. The van der Waals surface area contributed by atoms with Crippen molar-refractivity contribution in [1.82, 2.24) is 24.5 Å². The van der Waals surface area contributed by atoms with Crippen LogP contribution in [0.2, 0.25) is 0 Å². The lowest BCUT2D eigenvalue weighted by atomic mass is 10.2. The molecule has 0 bridgehead atoms. The maximum atomic E-state index is 13.1. The number of nitrogens with zero attached hydrogens (tertiary/aromatic N) is 5. The fourth-order valence-corrected chi connectivity index (χ4v) is 4.07. The van der Waals surface area contributed by atoms with Gasteiger partial charge in [-0.3, -0.25) is 14.2 Å². The van der Waals surface area contributed by atoms with Gasteiger partial charge in [0, 0.05) is 17.1 Å². The number of hydrogen-bond acceptors (Lipinski definition) is 10. The Morgan fingerprint density at radius 3 is 2.73 bits per heavy atom. The third-order valence-electron chi connectivity index (χ3n) is 4.87. The van der Waals surface area contributed by atoms with Crippen LogP contribution in [0, 0.1) is 19.7 Å². The van der Waals surface area contributed by atoms with Crippen LogP contribution in [0.4, 0.5) is 22.0 Å². The lowest BCUT2D eigenvalue weighted by Gasteiger charge is -2.09. The zero-order valence-corrected chi connectivity index (χ0v) is 18.6. The minimum atomic E-state index is -0.535. The van der Waals surface area contributed by atoms with Crippen molar-refractivity contribution in [2.24, 2.45) is 0 Å². The molecule has 0 radical (unpaired) electrons. The van der Waals surface area contributed by atoms with E-state index < -0.39 is 5.97 Å². The van der Waals surface area contributed by atoms with Crippen LogP contribution < -0.4 is 16.6 Å². The molecule has 0 amide bonds. The molecule has 12 heteroatoms. The number of thiophene rings is 1. The van der Waals surface area contributed by atoms with Gasteiger partial charge >= 0.3 is 5.97 Å². The highest BCUT2D eigenvalue weighted by Crippen LogP contribution is 2.25. The summed E-state index contributed by atoms with van der Waals surface area (Å²) in [5.74, 6) is -0.695. The van der Waals surface area contributed by atoms with Gasteiger partial charge in [0.1, 0.15) is 10.6 Å². The molecule has 3 N–H and O–H groups in total. The number of fused-ring (bicyclic) bond motifs is 1. The fraction of sp³-hybridized carbons (Fsp3) is 0.238. The molecule has 3 aromatic heterocycles. The van der Waals surface area contributed by atoms with E-state index in [9.17, 15) is 14.0 Å². The molecule has 0 atom stereocenters. The van der Waals surface area contributed by atoms with Crippen molar-refractivity contribution in [3.8, 4) is 0 Å². The first-order valence-electron chi connectivity index (χ1n) is 9.94. The van der Waals surface area contributed by atoms with Crippen LogP contribution in [0.25, 0.3) is 10.2 Å². The van der Waals surface area contributed by atoms with Crippen molar-refractivity contribution in [3.05, 3.63) is 63.0 Å². The predicted molar refractivity (Wildman–Crippen MR) is 122 cm³/mol. The van der Waals surface area contributed by atoms with Crippen LogP contribution >= 0.6 is 11.3 Å². The molecular weight excluding hydrogens is 449 g/mol. The van der Waals surface area contributed by atoms with Crippen molar-refractivity contribution in [2.75, 3.05) is 11.1 Å². The van der Waals surface area contributed by atoms with Gasteiger partial charge < -0.3 is 15.8 Å². The number of aryl methyl sites for hydroxylation is 3. The summed E-state index contributed by atoms with van der Waals surface area (Å²) in [7, 11) is 0. The van der Waals surface area contributed by atoms with E-state index in [1.54, 1.807) is 0 Å². The molecule has 4 rings (SSSR count). The number of rotatable bonds is 7. The standard InChI is InChI=1S/C21H20FN7O3S/c1-11-12(2)33-18-17(11)19(31)29(10-24-18)8-7-16(30)32-9-15-26-20(23)28-21(27-15)25-14-5-3-13(22)4-6-14/h3-6,10H,7-9H2,1-2H3,(H3,23,25,26,27,28). The monoisotopic (exact) mass is 469 g/mol. The number of esters is 1. The van der Waals surface area contributed by atoms with E-state index in [0.29, 0.717) is 15.9 Å². The van der Waals surface area contributed by atoms with Gasteiger partial charge in [-0.1, -0.05) is 0 Å². The van der Waals surface area contributed by atoms with Gasteiger partial charge in [-0.15, -0.1) is 11.3 Å². The van der Waals surface area contributed by atoms with Crippen molar-refractivity contribution in [1.29, 1.82) is 0 Å². The Balaban J connectivity index is 1.37. The number of nitrogens with two attached hydrogens (primary N) is 1. The number of hydrogen-bond donors (Lipinski definition) is 2. The number of carbonyl (C=O) groups is 1. The smallest absolute Gasteiger partial charge is 0.308 e. The molecule has 0 saturated carbocycles. The number of halogens is 1. The first kappa shape index (κ1) is 22.3. The average molecular weight is 470 g/mol. The van der Waals surface area contributed by atoms with Gasteiger partial charge in [-0.2, -0.15) is 15.0 Å². The topological polar surface area (TPSA) is 138 Å². The first-order valence-corrected chi connectivity index (χ1v) is 10.8. The normalized spacial score (nSPS) is 11.0. The van der Waals surface area contributed by atoms with Crippen LogP contribution in [-0.2, 0) is 22.7 Å². The third-order valence-corrected chi connectivity index (χ3v) is 5.99. The zero-order valence-electron chi connectivity index (χ0n) is 17.8. The molecule has 0 spiro atoms. The highest BCUT2D eigenvalue weighted by Gasteiger charge is 2.14. The zero-order chi connectivity index (χ0) is 23.5. The molecule has 0 aliphatic rings. The second-order valence-electron chi connectivity index (χ2n) is 7.18. The van der Waals surface area contributed by atoms with Gasteiger partial charge in [0.2, 0.25) is 11.9 Å². The lowest BCUT2D eigenvalue weighted by Crippen LogP contribution is -2.22. The van der Waals surface area contributed by atoms with Crippen LogP contribution in [-0.4, -0.2) is 30.5 Å². The largest absolute Gasteiger partial charge is 0.457 e. The number of anilines is 3. The van der Waals surface area contributed by atoms with E-state index in [2.05, 4.69) is 25.3 Å². The summed E-state index contributed by atoms with van der Waals surface area (Å²) >= 11 is 1.47. The quantitative estimate of drug-likeness (QED) is 0.391. The molecule has 170 valence electrons. The minimum absolute atomic E-state index is 0.0312. The molecule has 0 saturated heterocycles. The van der Waals surface area contributed by atoms with Crippen molar-refractivity contribution < 1.29 is 13.9 Å². The highest BCUT2D eigenvalue weighted by molar-refractivity contribution is 7.18. The number of nitrogen functional groups attached to an aromatic ring is 1. The minimum Gasteiger partial charge on any atom is -0.457 e. The summed E-state index contributed by atoms with van der Waals surface area (Å²) in [5.41, 5.74) is 6.98. The molecule has 0 fully saturated rings.